The van der Waals surface area contributed by atoms with Gasteiger partial charge in [0.2, 0.25) is 5.88 Å². The van der Waals surface area contributed by atoms with Crippen molar-refractivity contribution in [3.63, 3.8) is 0 Å². The fourth-order valence-electron chi connectivity index (χ4n) is 9.44. The van der Waals surface area contributed by atoms with Crippen LogP contribution >= 0.6 is 0 Å². The number of carbonyl (C=O) groups is 6. The predicted octanol–water partition coefficient (Wildman–Crippen LogP) is 5.84. The first-order chi connectivity index (χ1) is 35.9. The van der Waals surface area contributed by atoms with E-state index in [1.165, 1.54) is 36.4 Å². The number of nitrogens with one attached hydrogen (secondary N) is 1. The Morgan fingerprint density at radius 1 is 0.703 bits per heavy atom. The molecule has 388 valence electrons. The lowest BCUT2D eigenvalue weighted by molar-refractivity contribution is -0.327. The number of esters is 4. The number of amides is 1. The van der Waals surface area contributed by atoms with E-state index in [2.05, 4.69) is 15.3 Å². The summed E-state index contributed by atoms with van der Waals surface area (Å²) in [4.78, 5) is 89.9. The molecule has 19 nitrogen and oxygen atoms in total. The molecule has 9 unspecified atom stereocenters. The first-order valence-electron chi connectivity index (χ1n) is 24.5. The highest BCUT2D eigenvalue weighted by molar-refractivity contribution is 5.93. The van der Waals surface area contributed by atoms with Crippen molar-refractivity contribution in [2.24, 2.45) is 11.8 Å². The molecule has 3 fully saturated rings. The van der Waals surface area contributed by atoms with E-state index in [9.17, 15) is 44.1 Å². The lowest BCUT2D eigenvalue weighted by atomic mass is 9.82. The Labute approximate surface area is 426 Å². The lowest BCUT2D eigenvalue weighted by Crippen LogP contribution is -2.65. The van der Waals surface area contributed by atoms with Crippen LogP contribution in [0.3, 0.4) is 0 Å². The number of benzene rings is 4. The van der Waals surface area contributed by atoms with Gasteiger partial charge in [-0.15, -0.1) is 0 Å². The van der Waals surface area contributed by atoms with E-state index < -0.39 is 115 Å². The molecule has 0 radical (unpaired) electrons. The molecular formula is C55H57N3O16. The van der Waals surface area contributed by atoms with Crippen LogP contribution in [0.2, 0.25) is 0 Å². The number of hydrogen-bond donors (Lipinski definition) is 4. The topological polar surface area (TPSA) is 266 Å². The van der Waals surface area contributed by atoms with Crippen molar-refractivity contribution in [2.75, 3.05) is 6.61 Å². The minimum atomic E-state index is -1.81. The molecule has 10 atom stereocenters. The van der Waals surface area contributed by atoms with Gasteiger partial charge in [0.25, 0.3) is 5.91 Å². The molecule has 8 rings (SSSR count). The normalized spacial score (nSPS) is 24.3. The zero-order valence-electron chi connectivity index (χ0n) is 40.2. The van der Waals surface area contributed by atoms with Gasteiger partial charge in [-0.1, -0.05) is 117 Å². The van der Waals surface area contributed by atoms with E-state index in [1.807, 2.05) is 6.07 Å². The van der Waals surface area contributed by atoms with E-state index in [-0.39, 0.29) is 48.5 Å². The van der Waals surface area contributed by atoms with E-state index in [4.69, 9.17) is 33.2 Å². The number of aliphatic hydroxyl groups is 1. The molecule has 1 aliphatic heterocycles. The van der Waals surface area contributed by atoms with Crippen molar-refractivity contribution < 1.29 is 77.2 Å². The average molecular weight is 1020 g/mol. The SMILES string of the molecule is O=CC1CC(NC(=O)c2cc(O)nc(O)n2)C(O)C(OC2OC(COC(=O)c3ccccc3)C(OC(=O)c3ccccc3)C(O[C@@H](CC3CCCCC3)C(=O)OCc3ccccc3)C2OC(=O)c2ccccc2)C1. The van der Waals surface area contributed by atoms with Gasteiger partial charge in [-0.25, -0.2) is 19.2 Å². The van der Waals surface area contributed by atoms with Gasteiger partial charge < -0.3 is 58.6 Å². The maximum Gasteiger partial charge on any atom is 0.338 e. The molecule has 1 saturated heterocycles. The summed E-state index contributed by atoms with van der Waals surface area (Å²) in [6, 6.07) is 31.7. The number of aromatic nitrogens is 2. The molecular weight excluding hydrogens is 959 g/mol. The van der Waals surface area contributed by atoms with Crippen LogP contribution in [0, 0.1) is 11.8 Å². The van der Waals surface area contributed by atoms with Gasteiger partial charge in [0.05, 0.1) is 28.8 Å². The Kier molecular flexibility index (Phi) is 18.1. The number of aldehydes is 1. The molecule has 2 saturated carbocycles. The predicted molar refractivity (Wildman–Crippen MR) is 259 cm³/mol. The number of hydrogen-bond acceptors (Lipinski definition) is 18. The quantitative estimate of drug-likeness (QED) is 0.0430. The van der Waals surface area contributed by atoms with Crippen molar-refractivity contribution in [2.45, 2.75) is 113 Å². The Bertz CT molecular complexity index is 2660. The van der Waals surface area contributed by atoms with E-state index in [0.717, 1.165) is 38.2 Å². The van der Waals surface area contributed by atoms with Crippen molar-refractivity contribution in [1.29, 1.82) is 0 Å². The maximum absolute atomic E-state index is 14.6. The fourth-order valence-corrected chi connectivity index (χ4v) is 9.44. The van der Waals surface area contributed by atoms with Gasteiger partial charge >= 0.3 is 29.9 Å². The molecule has 19 heteroatoms. The monoisotopic (exact) mass is 1020 g/mol. The third-order valence-electron chi connectivity index (χ3n) is 13.2. The molecule has 2 aliphatic carbocycles. The second-order valence-corrected chi connectivity index (χ2v) is 18.4. The summed E-state index contributed by atoms with van der Waals surface area (Å²) < 4.78 is 44.6. The summed E-state index contributed by atoms with van der Waals surface area (Å²) >= 11 is 0. The summed E-state index contributed by atoms with van der Waals surface area (Å²) in [5, 5.41) is 34.5. The molecule has 5 aromatic rings. The zero-order chi connectivity index (χ0) is 52.0. The summed E-state index contributed by atoms with van der Waals surface area (Å²) in [7, 11) is 0. The minimum Gasteiger partial charge on any atom is -0.493 e. The molecule has 3 aliphatic rings. The van der Waals surface area contributed by atoms with Crippen LogP contribution in [-0.2, 0) is 49.4 Å². The second-order valence-electron chi connectivity index (χ2n) is 18.4. The number of aliphatic hydroxyl groups excluding tert-OH is 1. The van der Waals surface area contributed by atoms with Gasteiger partial charge in [0, 0.05) is 12.0 Å². The summed E-state index contributed by atoms with van der Waals surface area (Å²) in [5.41, 5.74) is 0.602. The Hall–Kier alpha value is -7.58. The summed E-state index contributed by atoms with van der Waals surface area (Å²) in [6.45, 7) is -0.748. The fraction of sp³-hybridized carbons (Fsp3) is 0.382. The summed E-state index contributed by atoms with van der Waals surface area (Å²) in [6.07, 6.45) is -7.92. The Balaban J connectivity index is 1.21. The van der Waals surface area contributed by atoms with Crippen LogP contribution in [0.4, 0.5) is 0 Å². The molecule has 74 heavy (non-hydrogen) atoms. The highest BCUT2D eigenvalue weighted by Crippen LogP contribution is 2.37. The first kappa shape index (κ1) is 52.7. The van der Waals surface area contributed by atoms with Gasteiger partial charge in [-0.05, 0) is 67.1 Å². The largest absolute Gasteiger partial charge is 0.493 e. The van der Waals surface area contributed by atoms with Crippen LogP contribution in [0.25, 0.3) is 0 Å². The molecule has 2 heterocycles. The van der Waals surface area contributed by atoms with Crippen LogP contribution in [0.15, 0.2) is 127 Å². The van der Waals surface area contributed by atoms with Gasteiger partial charge in [-0.2, -0.15) is 9.97 Å². The van der Waals surface area contributed by atoms with Crippen molar-refractivity contribution >= 4 is 36.1 Å². The van der Waals surface area contributed by atoms with Crippen LogP contribution in [-0.4, -0.2) is 123 Å². The standard InChI is InChI=1S/C55H57N3O16/c59-30-35-26-39(56-49(62)40-29-44(60)58-55(67)57-40)45(61)41(28-35)71-54-48(74-52(65)38-24-14-5-15-25-38)47(70-42(27-33-16-6-1-7-17-33)53(66)68-31-34-18-8-2-9-19-34)46(73-51(64)37-22-12-4-13-23-37)43(72-54)32-69-50(63)36-20-10-3-11-21-36/h2-5,8-15,18-25,29-30,33,35,39,41-43,45-48,54,61H,1,6-7,16-17,26-28,31-32H2,(H,56,62)(H2,57,58,60,67)/t35?,39?,41?,42-,43?,45?,46?,47?,48?,54?/m0/s1. The van der Waals surface area contributed by atoms with E-state index >= 15 is 0 Å². The van der Waals surface area contributed by atoms with Crippen molar-refractivity contribution in [1.82, 2.24) is 15.3 Å². The van der Waals surface area contributed by atoms with Gasteiger partial charge in [-0.3, -0.25) is 4.79 Å². The first-order valence-corrected chi connectivity index (χ1v) is 24.5. The van der Waals surface area contributed by atoms with Crippen LogP contribution in [0.1, 0.15) is 98.5 Å². The Morgan fingerprint density at radius 2 is 1.28 bits per heavy atom. The number of ether oxygens (including phenoxy) is 7. The van der Waals surface area contributed by atoms with Gasteiger partial charge in [0.1, 0.15) is 43.5 Å². The molecule has 0 bridgehead atoms. The third kappa shape index (κ3) is 13.9. The lowest BCUT2D eigenvalue weighted by Gasteiger charge is -2.47. The second kappa shape index (κ2) is 25.4. The molecule has 4 aromatic carbocycles. The minimum absolute atomic E-state index is 0.0109. The van der Waals surface area contributed by atoms with Crippen molar-refractivity contribution in [3.05, 3.63) is 155 Å². The van der Waals surface area contributed by atoms with Crippen LogP contribution in [0.5, 0.6) is 11.9 Å². The molecule has 1 aromatic heterocycles. The zero-order valence-corrected chi connectivity index (χ0v) is 40.2. The highest BCUT2D eigenvalue weighted by atomic mass is 16.7. The third-order valence-corrected chi connectivity index (χ3v) is 13.2. The smallest absolute Gasteiger partial charge is 0.338 e. The van der Waals surface area contributed by atoms with Gasteiger partial charge in [0.15, 0.2) is 24.6 Å². The maximum atomic E-state index is 14.6. The van der Waals surface area contributed by atoms with Crippen molar-refractivity contribution in [3.8, 4) is 11.9 Å². The number of rotatable bonds is 19. The molecule has 4 N–H and O–H groups in total. The molecule has 0 spiro atoms. The Morgan fingerprint density at radius 3 is 1.88 bits per heavy atom. The van der Waals surface area contributed by atoms with E-state index in [1.54, 1.807) is 78.9 Å². The summed E-state index contributed by atoms with van der Waals surface area (Å²) in [5.74, 6) is -5.87. The van der Waals surface area contributed by atoms with Crippen LogP contribution < -0.4 is 5.32 Å². The number of aromatic hydroxyl groups is 2. The number of nitrogens with zero attached hydrogens (tertiary/aromatic N) is 2. The highest BCUT2D eigenvalue weighted by Gasteiger charge is 2.55. The molecule has 1 amide bonds. The average Bonchev–Trinajstić information content (AvgIpc) is 3.42. The number of carbonyl (C=O) groups excluding carboxylic acids is 6. The van der Waals surface area contributed by atoms with E-state index in [0.29, 0.717) is 11.8 Å².